The molecule has 0 radical (unpaired) electrons. The Hall–Kier alpha value is -1.29. The van der Waals surface area contributed by atoms with Gasteiger partial charge in [0.25, 0.3) is 5.24 Å². The number of carbonyl (C=O) groups is 2. The highest BCUT2D eigenvalue weighted by atomic mass is 32.2. The predicted octanol–water partition coefficient (Wildman–Crippen LogP) is 3.10. The van der Waals surface area contributed by atoms with Gasteiger partial charge in [0, 0.05) is 16.0 Å². The summed E-state index contributed by atoms with van der Waals surface area (Å²) < 4.78 is 0. The number of aldehydes is 1. The van der Waals surface area contributed by atoms with Gasteiger partial charge < -0.3 is 5.32 Å². The van der Waals surface area contributed by atoms with Gasteiger partial charge in [-0.1, -0.05) is 18.2 Å². The van der Waals surface area contributed by atoms with Crippen LogP contribution in [0.5, 0.6) is 0 Å². The minimum Gasteiger partial charge on any atom is -0.342 e. The average Bonchev–Trinajstić information content (AvgIpc) is 2.15. The molecule has 0 spiro atoms. The molecule has 0 saturated heterocycles. The van der Waals surface area contributed by atoms with E-state index in [2.05, 4.69) is 5.32 Å². The molecule has 0 fully saturated rings. The van der Waals surface area contributed by atoms with Gasteiger partial charge in [-0.3, -0.25) is 9.59 Å². The van der Waals surface area contributed by atoms with E-state index in [1.165, 1.54) is 0 Å². The third-order valence-electron chi connectivity index (χ3n) is 1.73. The van der Waals surface area contributed by atoms with E-state index in [1.807, 2.05) is 20.8 Å². The Bertz CT molecular complexity index is 396. The van der Waals surface area contributed by atoms with Gasteiger partial charge in [-0.2, -0.15) is 0 Å². The topological polar surface area (TPSA) is 46.2 Å². The third-order valence-corrected chi connectivity index (χ3v) is 2.60. The maximum Gasteiger partial charge on any atom is 0.284 e. The zero-order valence-corrected chi connectivity index (χ0v) is 10.4. The SMILES string of the molecule is CC(C)(C)NC(=O)Sc1ccccc1C=O. The van der Waals surface area contributed by atoms with Crippen LogP contribution >= 0.6 is 11.8 Å². The maximum absolute atomic E-state index is 11.6. The molecule has 0 atom stereocenters. The van der Waals surface area contributed by atoms with Crippen molar-refractivity contribution in [2.45, 2.75) is 31.2 Å². The monoisotopic (exact) mass is 237 g/mol. The number of nitrogens with one attached hydrogen (secondary N) is 1. The predicted molar refractivity (Wildman–Crippen MR) is 66.0 cm³/mol. The second kappa shape index (κ2) is 5.16. The fourth-order valence-corrected chi connectivity index (χ4v) is 2.04. The first kappa shape index (κ1) is 12.8. The lowest BCUT2D eigenvalue weighted by Gasteiger charge is -2.20. The van der Waals surface area contributed by atoms with Crippen molar-refractivity contribution in [3.05, 3.63) is 29.8 Å². The van der Waals surface area contributed by atoms with E-state index in [9.17, 15) is 9.59 Å². The Kier molecular flexibility index (Phi) is 4.12. The summed E-state index contributed by atoms with van der Waals surface area (Å²) in [5.74, 6) is 0. The van der Waals surface area contributed by atoms with Crippen molar-refractivity contribution in [1.82, 2.24) is 5.32 Å². The molecule has 1 amide bonds. The van der Waals surface area contributed by atoms with Gasteiger partial charge in [-0.25, -0.2) is 0 Å². The van der Waals surface area contributed by atoms with Crippen molar-refractivity contribution >= 4 is 23.3 Å². The standard InChI is InChI=1S/C12H15NO2S/c1-12(2,3)13-11(15)16-10-7-5-4-6-9(10)8-14/h4-8H,1-3H3,(H,13,15). The highest BCUT2D eigenvalue weighted by Crippen LogP contribution is 2.22. The van der Waals surface area contributed by atoms with Gasteiger partial charge in [-0.15, -0.1) is 0 Å². The van der Waals surface area contributed by atoms with Crippen LogP contribution in [0.4, 0.5) is 4.79 Å². The molecule has 86 valence electrons. The van der Waals surface area contributed by atoms with Gasteiger partial charge in [0.2, 0.25) is 0 Å². The van der Waals surface area contributed by atoms with Crippen LogP contribution in [0.3, 0.4) is 0 Å². The van der Waals surface area contributed by atoms with E-state index >= 15 is 0 Å². The van der Waals surface area contributed by atoms with Gasteiger partial charge in [-0.05, 0) is 38.6 Å². The normalized spacial score (nSPS) is 10.9. The molecule has 0 saturated carbocycles. The van der Waals surface area contributed by atoms with Gasteiger partial charge in [0.05, 0.1) is 0 Å². The van der Waals surface area contributed by atoms with Crippen LogP contribution < -0.4 is 5.32 Å². The van der Waals surface area contributed by atoms with Crippen molar-refractivity contribution < 1.29 is 9.59 Å². The zero-order chi connectivity index (χ0) is 12.2. The Balaban J connectivity index is 2.73. The minimum atomic E-state index is -0.264. The van der Waals surface area contributed by atoms with Crippen LogP contribution in [0.15, 0.2) is 29.2 Å². The summed E-state index contributed by atoms with van der Waals surface area (Å²) in [5.41, 5.74) is 0.275. The quantitative estimate of drug-likeness (QED) is 0.635. The van der Waals surface area contributed by atoms with Crippen molar-refractivity contribution in [2.24, 2.45) is 0 Å². The Morgan fingerprint density at radius 1 is 1.31 bits per heavy atom. The molecule has 0 bridgehead atoms. The second-order valence-corrected chi connectivity index (χ2v) is 5.43. The molecule has 0 aromatic heterocycles. The van der Waals surface area contributed by atoms with Crippen molar-refractivity contribution in [1.29, 1.82) is 0 Å². The second-order valence-electron chi connectivity index (χ2n) is 4.42. The van der Waals surface area contributed by atoms with Crippen LogP contribution in [0, 0.1) is 0 Å². The lowest BCUT2D eigenvalue weighted by molar-refractivity contribution is 0.112. The van der Waals surface area contributed by atoms with Crippen LogP contribution in [-0.2, 0) is 0 Å². The van der Waals surface area contributed by atoms with Gasteiger partial charge in [0.15, 0.2) is 6.29 Å². The number of rotatable bonds is 2. The van der Waals surface area contributed by atoms with Gasteiger partial charge in [0.1, 0.15) is 0 Å². The summed E-state index contributed by atoms with van der Waals surface area (Å²) in [5, 5.41) is 2.68. The molecule has 0 unspecified atom stereocenters. The molecule has 0 aliphatic rings. The fourth-order valence-electron chi connectivity index (χ4n) is 1.10. The average molecular weight is 237 g/mol. The zero-order valence-electron chi connectivity index (χ0n) is 9.61. The van der Waals surface area contributed by atoms with E-state index in [1.54, 1.807) is 24.3 Å². The summed E-state index contributed by atoms with van der Waals surface area (Å²) in [4.78, 5) is 23.1. The number of thioether (sulfide) groups is 1. The largest absolute Gasteiger partial charge is 0.342 e. The molecule has 3 nitrogen and oxygen atoms in total. The highest BCUT2D eigenvalue weighted by molar-refractivity contribution is 8.13. The van der Waals surface area contributed by atoms with E-state index in [0.29, 0.717) is 10.5 Å². The number of amides is 1. The molecule has 1 rings (SSSR count). The van der Waals surface area contributed by atoms with E-state index in [-0.39, 0.29) is 10.8 Å². The molecule has 0 aliphatic heterocycles. The number of hydrogen-bond acceptors (Lipinski definition) is 3. The van der Waals surface area contributed by atoms with Crippen LogP contribution in [0.2, 0.25) is 0 Å². The van der Waals surface area contributed by atoms with E-state index in [0.717, 1.165) is 18.0 Å². The summed E-state index contributed by atoms with van der Waals surface area (Å²) in [6, 6.07) is 7.03. The number of carbonyl (C=O) groups excluding carboxylic acids is 2. The molecule has 4 heteroatoms. The van der Waals surface area contributed by atoms with Crippen LogP contribution in [-0.4, -0.2) is 17.1 Å². The first-order chi connectivity index (χ1) is 7.42. The summed E-state index contributed by atoms with van der Waals surface area (Å²) >= 11 is 1.04. The summed E-state index contributed by atoms with van der Waals surface area (Å²) in [7, 11) is 0. The number of benzene rings is 1. The summed E-state index contributed by atoms with van der Waals surface area (Å²) in [6.45, 7) is 5.74. The van der Waals surface area contributed by atoms with Gasteiger partial charge >= 0.3 is 0 Å². The summed E-state index contributed by atoms with van der Waals surface area (Å²) in [6.07, 6.45) is 0.757. The van der Waals surface area contributed by atoms with Crippen LogP contribution in [0.25, 0.3) is 0 Å². The molecule has 1 N–H and O–H groups in total. The smallest absolute Gasteiger partial charge is 0.284 e. The van der Waals surface area contributed by atoms with E-state index in [4.69, 9.17) is 0 Å². The molecular formula is C12H15NO2S. The maximum atomic E-state index is 11.6. The Labute approximate surface area is 99.6 Å². The molecule has 0 aliphatic carbocycles. The molecule has 1 aromatic carbocycles. The van der Waals surface area contributed by atoms with Crippen LogP contribution in [0.1, 0.15) is 31.1 Å². The van der Waals surface area contributed by atoms with Crippen molar-refractivity contribution in [3.8, 4) is 0 Å². The highest BCUT2D eigenvalue weighted by Gasteiger charge is 2.15. The third kappa shape index (κ3) is 4.06. The van der Waals surface area contributed by atoms with E-state index < -0.39 is 0 Å². The lowest BCUT2D eigenvalue weighted by Crippen LogP contribution is -2.38. The van der Waals surface area contributed by atoms with Crippen molar-refractivity contribution in [3.63, 3.8) is 0 Å². The first-order valence-corrected chi connectivity index (χ1v) is 5.78. The minimum absolute atomic E-state index is 0.151. The Morgan fingerprint density at radius 3 is 2.50 bits per heavy atom. The molecule has 1 aromatic rings. The number of hydrogen-bond donors (Lipinski definition) is 1. The van der Waals surface area contributed by atoms with Crippen molar-refractivity contribution in [2.75, 3.05) is 0 Å². The molecule has 16 heavy (non-hydrogen) atoms. The first-order valence-electron chi connectivity index (χ1n) is 4.96. The molecule has 0 heterocycles. The fraction of sp³-hybridized carbons (Fsp3) is 0.333. The Morgan fingerprint density at radius 2 is 1.94 bits per heavy atom. The molecular weight excluding hydrogens is 222 g/mol. The lowest BCUT2D eigenvalue weighted by atomic mass is 10.1.